The Hall–Kier alpha value is -2.42. The Morgan fingerprint density at radius 2 is 2.04 bits per heavy atom. The number of benzene rings is 1. The van der Waals surface area contributed by atoms with Crippen LogP contribution in [0.1, 0.15) is 17.8 Å². The molecule has 2 aromatic rings. The van der Waals surface area contributed by atoms with Crippen LogP contribution in [0, 0.1) is 24.0 Å². The summed E-state index contributed by atoms with van der Waals surface area (Å²) in [6, 6.07) is 6.23. The van der Waals surface area contributed by atoms with E-state index in [9.17, 15) is 18.5 Å². The molecule has 1 N–H and O–H groups in total. The van der Waals surface area contributed by atoms with Crippen molar-refractivity contribution in [3.05, 3.63) is 45.8 Å². The fourth-order valence-corrected chi connectivity index (χ4v) is 3.37. The number of nitro benzene ring substituents is 1. The average Bonchev–Trinajstić information content (AvgIpc) is 2.80. The molecule has 1 aromatic heterocycles. The first-order valence-corrected chi connectivity index (χ1v) is 9.31. The van der Waals surface area contributed by atoms with Gasteiger partial charge >= 0.3 is 5.69 Å². The first-order valence-electron chi connectivity index (χ1n) is 7.42. The number of nitrogens with one attached hydrogen (secondary N) is 1. The van der Waals surface area contributed by atoms with Crippen molar-refractivity contribution in [3.63, 3.8) is 0 Å². The van der Waals surface area contributed by atoms with Crippen molar-refractivity contribution < 1.29 is 13.3 Å². The molecule has 0 fully saturated rings. The quantitative estimate of drug-likeness (QED) is 0.465. The summed E-state index contributed by atoms with van der Waals surface area (Å²) in [6.45, 7) is 5.02. The zero-order chi connectivity index (χ0) is 17.9. The number of aryl methyl sites for hydroxylation is 3. The third-order valence-electron chi connectivity index (χ3n) is 3.55. The minimum Gasteiger partial charge on any atom is -0.379 e. The van der Waals surface area contributed by atoms with E-state index in [4.69, 9.17) is 0 Å². The van der Waals surface area contributed by atoms with Crippen LogP contribution in [0.5, 0.6) is 0 Å². The van der Waals surface area contributed by atoms with Gasteiger partial charge in [-0.15, -0.1) is 0 Å². The summed E-state index contributed by atoms with van der Waals surface area (Å²) in [5.74, 6) is 0. The summed E-state index contributed by atoms with van der Waals surface area (Å²) in [6.07, 6.45) is 1.66. The maximum absolute atomic E-state index is 11.7. The van der Waals surface area contributed by atoms with Crippen molar-refractivity contribution in [2.45, 2.75) is 31.7 Å². The van der Waals surface area contributed by atoms with E-state index in [1.165, 1.54) is 18.2 Å². The topological polar surface area (TPSA) is 107 Å². The molecule has 0 aliphatic heterocycles. The van der Waals surface area contributed by atoms with Crippen LogP contribution < -0.4 is 5.32 Å². The molecule has 0 saturated carbocycles. The van der Waals surface area contributed by atoms with Gasteiger partial charge in [0.05, 0.1) is 10.6 Å². The van der Waals surface area contributed by atoms with Gasteiger partial charge in [-0.3, -0.25) is 14.8 Å². The molecule has 1 heterocycles. The van der Waals surface area contributed by atoms with Gasteiger partial charge in [-0.2, -0.15) is 5.10 Å². The van der Waals surface area contributed by atoms with Crippen LogP contribution in [-0.4, -0.2) is 35.9 Å². The monoisotopic (exact) mass is 352 g/mol. The van der Waals surface area contributed by atoms with Crippen LogP contribution in [-0.2, 0) is 16.4 Å². The Bertz CT molecular complexity index is 858. The predicted octanol–water partition coefficient (Wildman–Crippen LogP) is 2.31. The minimum absolute atomic E-state index is 0.205. The van der Waals surface area contributed by atoms with Crippen LogP contribution in [0.2, 0.25) is 0 Å². The van der Waals surface area contributed by atoms with Crippen LogP contribution in [0.4, 0.5) is 11.4 Å². The SMILES string of the molecule is Cc1cc(C)n(CCCNc2cccc(S(C)(=O)=O)c2[N+](=O)[O-])n1. The van der Waals surface area contributed by atoms with Crippen LogP contribution in [0.15, 0.2) is 29.2 Å². The molecule has 0 unspecified atom stereocenters. The second kappa shape index (κ2) is 7.00. The Kier molecular flexibility index (Phi) is 5.23. The molecule has 9 heteroatoms. The Balaban J connectivity index is 2.10. The van der Waals surface area contributed by atoms with Crippen LogP contribution >= 0.6 is 0 Å². The molecular weight excluding hydrogens is 332 g/mol. The first-order chi connectivity index (χ1) is 11.2. The van der Waals surface area contributed by atoms with E-state index >= 15 is 0 Å². The van der Waals surface area contributed by atoms with E-state index < -0.39 is 20.4 Å². The lowest BCUT2D eigenvalue weighted by atomic mass is 10.2. The van der Waals surface area contributed by atoms with Gasteiger partial charge in [-0.25, -0.2) is 8.42 Å². The highest BCUT2D eigenvalue weighted by Crippen LogP contribution is 2.31. The highest BCUT2D eigenvalue weighted by Gasteiger charge is 2.25. The van der Waals surface area contributed by atoms with E-state index in [-0.39, 0.29) is 10.6 Å². The van der Waals surface area contributed by atoms with Crippen molar-refractivity contribution in [1.82, 2.24) is 9.78 Å². The van der Waals surface area contributed by atoms with Crippen molar-refractivity contribution in [2.75, 3.05) is 18.1 Å². The van der Waals surface area contributed by atoms with Gasteiger partial charge in [0.1, 0.15) is 10.6 Å². The minimum atomic E-state index is -3.67. The average molecular weight is 352 g/mol. The lowest BCUT2D eigenvalue weighted by Gasteiger charge is -2.10. The third-order valence-corrected chi connectivity index (χ3v) is 4.67. The van der Waals surface area contributed by atoms with Gasteiger partial charge in [0.15, 0.2) is 9.84 Å². The Labute approximate surface area is 140 Å². The molecule has 0 radical (unpaired) electrons. The van der Waals surface area contributed by atoms with E-state index in [1.54, 1.807) is 0 Å². The van der Waals surface area contributed by atoms with Crippen LogP contribution in [0.25, 0.3) is 0 Å². The van der Waals surface area contributed by atoms with Gasteiger partial charge < -0.3 is 5.32 Å². The van der Waals surface area contributed by atoms with E-state index in [0.717, 1.165) is 17.6 Å². The number of sulfone groups is 1. The zero-order valence-corrected chi connectivity index (χ0v) is 14.6. The molecule has 2 rings (SSSR count). The molecule has 1 aromatic carbocycles. The van der Waals surface area contributed by atoms with Crippen LogP contribution in [0.3, 0.4) is 0 Å². The normalized spacial score (nSPS) is 11.5. The number of rotatable bonds is 7. The van der Waals surface area contributed by atoms with Gasteiger partial charge in [-0.1, -0.05) is 6.07 Å². The summed E-state index contributed by atoms with van der Waals surface area (Å²) in [5, 5.41) is 18.6. The molecule has 0 aliphatic rings. The number of anilines is 1. The van der Waals surface area contributed by atoms with Gasteiger partial charge in [0, 0.05) is 25.0 Å². The number of hydrogen-bond donors (Lipinski definition) is 1. The molecule has 0 aliphatic carbocycles. The number of hydrogen-bond acceptors (Lipinski definition) is 6. The number of nitrogens with zero attached hydrogens (tertiary/aromatic N) is 3. The smallest absolute Gasteiger partial charge is 0.310 e. The molecule has 0 amide bonds. The predicted molar refractivity (Wildman–Crippen MR) is 91.0 cm³/mol. The first kappa shape index (κ1) is 17.9. The van der Waals surface area contributed by atoms with Gasteiger partial charge in [0.25, 0.3) is 0 Å². The summed E-state index contributed by atoms with van der Waals surface area (Å²) in [7, 11) is -3.67. The molecule has 0 bridgehead atoms. The summed E-state index contributed by atoms with van der Waals surface area (Å²) in [5.41, 5.74) is 1.79. The number of aromatic nitrogens is 2. The van der Waals surface area contributed by atoms with E-state index in [1.807, 2.05) is 24.6 Å². The van der Waals surface area contributed by atoms with Gasteiger partial charge in [0.2, 0.25) is 0 Å². The summed E-state index contributed by atoms with van der Waals surface area (Å²) < 4.78 is 25.3. The largest absolute Gasteiger partial charge is 0.379 e. The highest BCUT2D eigenvalue weighted by molar-refractivity contribution is 7.90. The fourth-order valence-electron chi connectivity index (χ4n) is 2.51. The molecule has 130 valence electrons. The van der Waals surface area contributed by atoms with Crippen molar-refractivity contribution in [3.8, 4) is 0 Å². The second-order valence-corrected chi connectivity index (χ2v) is 7.60. The highest BCUT2D eigenvalue weighted by atomic mass is 32.2. The molecule has 24 heavy (non-hydrogen) atoms. The van der Waals surface area contributed by atoms with Crippen molar-refractivity contribution in [1.29, 1.82) is 0 Å². The molecule has 8 nitrogen and oxygen atoms in total. The maximum Gasteiger partial charge on any atom is 0.310 e. The summed E-state index contributed by atoms with van der Waals surface area (Å²) in [4.78, 5) is 10.3. The molecule has 0 spiro atoms. The number of para-hydroxylation sites is 1. The zero-order valence-electron chi connectivity index (χ0n) is 13.8. The van der Waals surface area contributed by atoms with Crippen molar-refractivity contribution in [2.24, 2.45) is 0 Å². The molecule has 0 saturated heterocycles. The number of nitro groups is 1. The molecular formula is C15H20N4O4S. The second-order valence-electron chi connectivity index (χ2n) is 5.61. The fraction of sp³-hybridized carbons (Fsp3) is 0.400. The van der Waals surface area contributed by atoms with E-state index in [0.29, 0.717) is 19.5 Å². The van der Waals surface area contributed by atoms with Gasteiger partial charge in [-0.05, 0) is 38.5 Å². The Morgan fingerprint density at radius 1 is 1.33 bits per heavy atom. The standard InChI is InChI=1S/C15H20N4O4S/c1-11-10-12(2)18(17-11)9-5-8-16-13-6-4-7-14(24(3,22)23)15(13)19(20)21/h4,6-7,10,16H,5,8-9H2,1-3H3. The maximum atomic E-state index is 11.7. The van der Waals surface area contributed by atoms with Crippen molar-refractivity contribution >= 4 is 21.2 Å². The Morgan fingerprint density at radius 3 is 2.58 bits per heavy atom. The lowest BCUT2D eigenvalue weighted by Crippen LogP contribution is -2.11. The lowest BCUT2D eigenvalue weighted by molar-refractivity contribution is -0.386. The molecule has 0 atom stereocenters. The third kappa shape index (κ3) is 4.10. The summed E-state index contributed by atoms with van der Waals surface area (Å²) >= 11 is 0. The van der Waals surface area contributed by atoms with E-state index in [2.05, 4.69) is 10.4 Å².